The van der Waals surface area contributed by atoms with E-state index in [2.05, 4.69) is 18.7 Å². The summed E-state index contributed by atoms with van der Waals surface area (Å²) in [5.74, 6) is -0.222. The molecule has 0 fully saturated rings. The number of benzene rings is 1. The first-order valence-electron chi connectivity index (χ1n) is 6.73. The Hall–Kier alpha value is -0.970. The Balaban J connectivity index is 2.99. The number of hydrogen-bond acceptors (Lipinski definition) is 3. The Bertz CT molecular complexity index is 365. The van der Waals surface area contributed by atoms with E-state index < -0.39 is 0 Å². The third-order valence-corrected chi connectivity index (χ3v) is 3.28. The summed E-state index contributed by atoms with van der Waals surface area (Å²) in [6.07, 6.45) is 0. The average molecular weight is 268 g/mol. The first-order chi connectivity index (χ1) is 8.97. The molecule has 0 saturated heterocycles. The molecule has 0 aliphatic heterocycles. The Morgan fingerprint density at radius 1 is 1.21 bits per heavy atom. The highest BCUT2D eigenvalue weighted by Crippen LogP contribution is 2.25. The number of hydrogen-bond donors (Lipinski definition) is 1. The molecule has 2 unspecified atom stereocenters. The predicted octanol–water partition coefficient (Wildman–Crippen LogP) is 2.57. The molecular weight excluding hydrogens is 243 g/mol. The number of nitrogens with zero attached hydrogens (tertiary/aromatic N) is 1. The van der Waals surface area contributed by atoms with E-state index in [4.69, 9.17) is 10.5 Å². The van der Waals surface area contributed by atoms with Gasteiger partial charge >= 0.3 is 0 Å². The van der Waals surface area contributed by atoms with Crippen LogP contribution in [0.2, 0.25) is 0 Å². The fourth-order valence-electron chi connectivity index (χ4n) is 2.37. The van der Waals surface area contributed by atoms with Crippen molar-refractivity contribution in [2.45, 2.75) is 38.9 Å². The van der Waals surface area contributed by atoms with Crippen LogP contribution >= 0.6 is 0 Å². The summed E-state index contributed by atoms with van der Waals surface area (Å²) in [5.41, 5.74) is 7.18. The summed E-state index contributed by atoms with van der Waals surface area (Å²) in [6, 6.07) is 6.97. The number of ether oxygens (including phenoxy) is 1. The van der Waals surface area contributed by atoms with Crippen molar-refractivity contribution in [3.8, 4) is 0 Å². The van der Waals surface area contributed by atoms with Gasteiger partial charge in [0.1, 0.15) is 5.82 Å². The quantitative estimate of drug-likeness (QED) is 0.826. The van der Waals surface area contributed by atoms with Gasteiger partial charge in [-0.2, -0.15) is 0 Å². The van der Waals surface area contributed by atoms with E-state index >= 15 is 0 Å². The zero-order valence-electron chi connectivity index (χ0n) is 12.3. The third kappa shape index (κ3) is 4.56. The molecule has 1 rings (SSSR count). The lowest BCUT2D eigenvalue weighted by molar-refractivity contribution is 0.0863. The third-order valence-electron chi connectivity index (χ3n) is 3.28. The molecule has 1 aromatic rings. The number of rotatable bonds is 7. The van der Waals surface area contributed by atoms with E-state index in [1.807, 2.05) is 19.1 Å². The van der Waals surface area contributed by atoms with Gasteiger partial charge in [0.2, 0.25) is 0 Å². The van der Waals surface area contributed by atoms with Crippen LogP contribution in [0.4, 0.5) is 4.39 Å². The minimum absolute atomic E-state index is 0.0373. The van der Waals surface area contributed by atoms with E-state index in [1.54, 1.807) is 7.11 Å². The zero-order valence-corrected chi connectivity index (χ0v) is 12.3. The van der Waals surface area contributed by atoms with Crippen LogP contribution in [0.5, 0.6) is 0 Å². The highest BCUT2D eigenvalue weighted by Gasteiger charge is 2.25. The lowest BCUT2D eigenvalue weighted by Crippen LogP contribution is -2.44. The maximum absolute atomic E-state index is 13.0. The number of nitrogens with two attached hydrogens (primary N) is 1. The van der Waals surface area contributed by atoms with E-state index in [0.29, 0.717) is 12.6 Å². The molecule has 0 radical (unpaired) electrons. The van der Waals surface area contributed by atoms with Gasteiger partial charge in [0.05, 0.1) is 6.61 Å². The lowest BCUT2D eigenvalue weighted by atomic mass is 9.98. The van der Waals surface area contributed by atoms with Gasteiger partial charge in [-0.05, 0) is 38.5 Å². The summed E-state index contributed by atoms with van der Waals surface area (Å²) in [4.78, 5) is 2.29. The highest BCUT2D eigenvalue weighted by atomic mass is 19.1. The fourth-order valence-corrected chi connectivity index (χ4v) is 2.37. The molecule has 0 heterocycles. The van der Waals surface area contributed by atoms with E-state index in [9.17, 15) is 4.39 Å². The van der Waals surface area contributed by atoms with Gasteiger partial charge in [0.25, 0.3) is 0 Å². The first-order valence-corrected chi connectivity index (χ1v) is 6.73. The number of methoxy groups -OCH3 is 1. The van der Waals surface area contributed by atoms with Gasteiger partial charge < -0.3 is 10.5 Å². The summed E-state index contributed by atoms with van der Waals surface area (Å²) >= 11 is 0. The smallest absolute Gasteiger partial charge is 0.123 e. The molecule has 2 atom stereocenters. The van der Waals surface area contributed by atoms with Crippen molar-refractivity contribution in [3.63, 3.8) is 0 Å². The first kappa shape index (κ1) is 16.1. The van der Waals surface area contributed by atoms with Crippen molar-refractivity contribution in [3.05, 3.63) is 35.6 Å². The maximum Gasteiger partial charge on any atom is 0.123 e. The van der Waals surface area contributed by atoms with Gasteiger partial charge in [0, 0.05) is 31.8 Å². The molecule has 108 valence electrons. The van der Waals surface area contributed by atoms with Crippen molar-refractivity contribution in [1.82, 2.24) is 4.90 Å². The Labute approximate surface area is 115 Å². The molecule has 2 N–H and O–H groups in total. The monoisotopic (exact) mass is 268 g/mol. The SMILES string of the molecule is COCCN(C(C)C)C(c1ccc(F)cc1)C(C)N. The van der Waals surface area contributed by atoms with Crippen LogP contribution in [-0.2, 0) is 4.74 Å². The second-order valence-electron chi connectivity index (χ2n) is 5.18. The fraction of sp³-hybridized carbons (Fsp3) is 0.600. The molecule has 19 heavy (non-hydrogen) atoms. The molecular formula is C15H25FN2O. The van der Waals surface area contributed by atoms with Crippen LogP contribution in [0.1, 0.15) is 32.4 Å². The Kier molecular flexibility index (Phi) is 6.42. The van der Waals surface area contributed by atoms with Crippen LogP contribution in [0.15, 0.2) is 24.3 Å². The van der Waals surface area contributed by atoms with E-state index in [-0.39, 0.29) is 17.9 Å². The molecule has 0 aliphatic carbocycles. The minimum Gasteiger partial charge on any atom is -0.383 e. The summed E-state index contributed by atoms with van der Waals surface area (Å²) in [5, 5.41) is 0. The van der Waals surface area contributed by atoms with Gasteiger partial charge in [-0.1, -0.05) is 12.1 Å². The molecule has 0 aromatic heterocycles. The van der Waals surface area contributed by atoms with Crippen molar-refractivity contribution in [1.29, 1.82) is 0 Å². The van der Waals surface area contributed by atoms with Gasteiger partial charge in [-0.15, -0.1) is 0 Å². The van der Waals surface area contributed by atoms with Crippen molar-refractivity contribution >= 4 is 0 Å². The van der Waals surface area contributed by atoms with Gasteiger partial charge in [-0.3, -0.25) is 4.90 Å². The van der Waals surface area contributed by atoms with Crippen molar-refractivity contribution in [2.75, 3.05) is 20.3 Å². The Morgan fingerprint density at radius 3 is 2.21 bits per heavy atom. The summed E-state index contributed by atoms with van der Waals surface area (Å²) < 4.78 is 18.2. The van der Waals surface area contributed by atoms with Crippen LogP contribution < -0.4 is 5.73 Å². The second-order valence-corrected chi connectivity index (χ2v) is 5.18. The van der Waals surface area contributed by atoms with Crippen LogP contribution in [0.25, 0.3) is 0 Å². The predicted molar refractivity (Wildman–Crippen MR) is 76.5 cm³/mol. The molecule has 0 bridgehead atoms. The standard InChI is InChI=1S/C15H25FN2O/c1-11(2)18(9-10-19-4)15(12(3)17)13-5-7-14(16)8-6-13/h5-8,11-12,15H,9-10,17H2,1-4H3. The maximum atomic E-state index is 13.0. The Morgan fingerprint density at radius 2 is 1.79 bits per heavy atom. The van der Waals surface area contributed by atoms with E-state index in [1.165, 1.54) is 12.1 Å². The molecule has 0 amide bonds. The van der Waals surface area contributed by atoms with Crippen LogP contribution in [-0.4, -0.2) is 37.2 Å². The van der Waals surface area contributed by atoms with Crippen LogP contribution in [0, 0.1) is 5.82 Å². The molecule has 3 nitrogen and oxygen atoms in total. The minimum atomic E-state index is -0.222. The van der Waals surface area contributed by atoms with Gasteiger partial charge in [-0.25, -0.2) is 4.39 Å². The molecule has 0 saturated carbocycles. The lowest BCUT2D eigenvalue weighted by Gasteiger charge is -2.37. The topological polar surface area (TPSA) is 38.5 Å². The highest BCUT2D eigenvalue weighted by molar-refractivity contribution is 5.21. The van der Waals surface area contributed by atoms with Crippen molar-refractivity contribution in [2.24, 2.45) is 5.73 Å². The molecule has 0 spiro atoms. The average Bonchev–Trinajstić information content (AvgIpc) is 2.35. The summed E-state index contributed by atoms with van der Waals surface area (Å²) in [7, 11) is 1.69. The molecule has 0 aliphatic rings. The normalized spacial score (nSPS) is 14.9. The second kappa shape index (κ2) is 7.58. The van der Waals surface area contributed by atoms with E-state index in [0.717, 1.165) is 12.1 Å². The zero-order chi connectivity index (χ0) is 14.4. The van der Waals surface area contributed by atoms with Crippen LogP contribution in [0.3, 0.4) is 0 Å². The van der Waals surface area contributed by atoms with Gasteiger partial charge in [0.15, 0.2) is 0 Å². The summed E-state index contributed by atoms with van der Waals surface area (Å²) in [6.45, 7) is 7.71. The molecule has 4 heteroatoms. The van der Waals surface area contributed by atoms with Crippen molar-refractivity contribution < 1.29 is 9.13 Å². The largest absolute Gasteiger partial charge is 0.383 e. The number of halogens is 1. The molecule has 1 aromatic carbocycles.